The topological polar surface area (TPSA) is 20.2 Å². The molecule has 92 valence electrons. The standard InChI is InChI=1S/C15H26O/c1-10(2)13-6-5-12(4)15(16)8-7-11(3)9-14(13)15/h9-10,12-14,16H,5-8H2,1-4H3/t12-,13+,14-,15-/m1/s1. The molecule has 1 nitrogen and oxygen atoms in total. The molecule has 0 radical (unpaired) electrons. The van der Waals surface area contributed by atoms with E-state index in [1.165, 1.54) is 18.4 Å². The Hall–Kier alpha value is -0.300. The molecule has 0 aromatic heterocycles. The average molecular weight is 222 g/mol. The average Bonchev–Trinajstić information content (AvgIpc) is 2.21. The van der Waals surface area contributed by atoms with E-state index in [1.54, 1.807) is 0 Å². The molecule has 0 aromatic rings. The minimum absolute atomic E-state index is 0.407. The second kappa shape index (κ2) is 4.18. The minimum atomic E-state index is -0.410. The van der Waals surface area contributed by atoms with Gasteiger partial charge in [0.25, 0.3) is 0 Å². The van der Waals surface area contributed by atoms with Crippen molar-refractivity contribution < 1.29 is 5.11 Å². The maximum atomic E-state index is 11.0. The van der Waals surface area contributed by atoms with E-state index in [2.05, 4.69) is 33.8 Å². The van der Waals surface area contributed by atoms with Crippen molar-refractivity contribution in [3.05, 3.63) is 11.6 Å². The third-order valence-corrected chi connectivity index (χ3v) is 5.07. The lowest BCUT2D eigenvalue weighted by Crippen LogP contribution is -2.52. The van der Waals surface area contributed by atoms with Crippen LogP contribution in [0.1, 0.15) is 53.4 Å². The van der Waals surface area contributed by atoms with Crippen molar-refractivity contribution >= 4 is 0 Å². The zero-order valence-electron chi connectivity index (χ0n) is 11.2. The van der Waals surface area contributed by atoms with Gasteiger partial charge in [0.05, 0.1) is 5.60 Å². The van der Waals surface area contributed by atoms with Crippen LogP contribution in [0.3, 0.4) is 0 Å². The van der Waals surface area contributed by atoms with E-state index < -0.39 is 5.60 Å². The van der Waals surface area contributed by atoms with Gasteiger partial charge < -0.3 is 5.11 Å². The Morgan fingerprint density at radius 2 is 2.06 bits per heavy atom. The van der Waals surface area contributed by atoms with Crippen LogP contribution >= 0.6 is 0 Å². The summed E-state index contributed by atoms with van der Waals surface area (Å²) in [4.78, 5) is 0. The van der Waals surface area contributed by atoms with Crippen LogP contribution < -0.4 is 0 Å². The van der Waals surface area contributed by atoms with Crippen molar-refractivity contribution in [3.8, 4) is 0 Å². The molecule has 1 N–H and O–H groups in total. The molecule has 2 rings (SSSR count). The van der Waals surface area contributed by atoms with E-state index in [4.69, 9.17) is 0 Å². The molecule has 4 atom stereocenters. The fourth-order valence-electron chi connectivity index (χ4n) is 3.79. The Kier molecular flexibility index (Phi) is 3.18. The molecule has 0 heterocycles. The summed E-state index contributed by atoms with van der Waals surface area (Å²) >= 11 is 0. The van der Waals surface area contributed by atoms with Gasteiger partial charge in [-0.2, -0.15) is 0 Å². The summed E-state index contributed by atoms with van der Waals surface area (Å²) in [5.74, 6) is 2.24. The van der Waals surface area contributed by atoms with E-state index in [0.717, 1.165) is 12.8 Å². The first-order chi connectivity index (χ1) is 7.45. The summed E-state index contributed by atoms with van der Waals surface area (Å²) in [5, 5.41) is 11.0. The van der Waals surface area contributed by atoms with Gasteiger partial charge in [-0.15, -0.1) is 0 Å². The normalized spacial score (nSPS) is 44.1. The number of hydrogen-bond acceptors (Lipinski definition) is 1. The number of aliphatic hydroxyl groups is 1. The van der Waals surface area contributed by atoms with Crippen LogP contribution in [0, 0.1) is 23.7 Å². The molecular formula is C15H26O. The molecule has 0 bridgehead atoms. The molecule has 2 aliphatic rings. The molecule has 0 spiro atoms. The van der Waals surface area contributed by atoms with Crippen molar-refractivity contribution in [1.29, 1.82) is 0 Å². The molecule has 1 saturated carbocycles. The highest BCUT2D eigenvalue weighted by atomic mass is 16.3. The van der Waals surface area contributed by atoms with Crippen LogP contribution in [-0.4, -0.2) is 10.7 Å². The van der Waals surface area contributed by atoms with Crippen molar-refractivity contribution in [2.75, 3.05) is 0 Å². The number of rotatable bonds is 1. The number of fused-ring (bicyclic) bond motifs is 1. The van der Waals surface area contributed by atoms with Gasteiger partial charge in [0.2, 0.25) is 0 Å². The predicted molar refractivity (Wildman–Crippen MR) is 68.2 cm³/mol. The van der Waals surface area contributed by atoms with Crippen LogP contribution in [0.25, 0.3) is 0 Å². The molecule has 0 unspecified atom stereocenters. The zero-order valence-corrected chi connectivity index (χ0v) is 11.2. The maximum absolute atomic E-state index is 11.0. The highest BCUT2D eigenvalue weighted by Crippen LogP contribution is 2.50. The Bertz CT molecular complexity index is 292. The quantitative estimate of drug-likeness (QED) is 0.669. The molecule has 16 heavy (non-hydrogen) atoms. The third kappa shape index (κ3) is 1.84. The van der Waals surface area contributed by atoms with Gasteiger partial charge >= 0.3 is 0 Å². The third-order valence-electron chi connectivity index (χ3n) is 5.07. The summed E-state index contributed by atoms with van der Waals surface area (Å²) in [6.07, 6.45) is 6.93. The molecule has 0 saturated heterocycles. The van der Waals surface area contributed by atoms with Gasteiger partial charge in [0.1, 0.15) is 0 Å². The first kappa shape index (κ1) is 12.2. The van der Waals surface area contributed by atoms with Crippen molar-refractivity contribution in [3.63, 3.8) is 0 Å². The van der Waals surface area contributed by atoms with Gasteiger partial charge in [-0.25, -0.2) is 0 Å². The molecular weight excluding hydrogens is 196 g/mol. The fraction of sp³-hybridized carbons (Fsp3) is 0.867. The Labute approximate surface area is 99.9 Å². The number of allylic oxidation sites excluding steroid dienone is 1. The molecule has 1 heteroatoms. The molecule has 2 aliphatic carbocycles. The van der Waals surface area contributed by atoms with Crippen LogP contribution in [0.2, 0.25) is 0 Å². The van der Waals surface area contributed by atoms with Crippen molar-refractivity contribution in [1.82, 2.24) is 0 Å². The zero-order chi connectivity index (χ0) is 11.9. The second-order valence-corrected chi connectivity index (χ2v) is 6.42. The lowest BCUT2D eigenvalue weighted by molar-refractivity contribution is -0.111. The van der Waals surface area contributed by atoms with Gasteiger partial charge in [-0.1, -0.05) is 32.4 Å². The monoisotopic (exact) mass is 222 g/mol. The van der Waals surface area contributed by atoms with Crippen molar-refractivity contribution in [2.45, 2.75) is 59.0 Å². The summed E-state index contributed by atoms with van der Waals surface area (Å²) in [6.45, 7) is 9.06. The van der Waals surface area contributed by atoms with E-state index >= 15 is 0 Å². The van der Waals surface area contributed by atoms with E-state index in [9.17, 15) is 5.11 Å². The lowest BCUT2D eigenvalue weighted by atomic mass is 9.57. The first-order valence-electron chi connectivity index (χ1n) is 6.85. The fourth-order valence-corrected chi connectivity index (χ4v) is 3.79. The summed E-state index contributed by atoms with van der Waals surface area (Å²) in [6, 6.07) is 0. The first-order valence-corrected chi connectivity index (χ1v) is 6.85. The highest BCUT2D eigenvalue weighted by molar-refractivity contribution is 5.17. The Morgan fingerprint density at radius 3 is 2.69 bits per heavy atom. The highest BCUT2D eigenvalue weighted by Gasteiger charge is 2.49. The van der Waals surface area contributed by atoms with Crippen LogP contribution in [0.4, 0.5) is 0 Å². The van der Waals surface area contributed by atoms with Gasteiger partial charge in [0, 0.05) is 5.92 Å². The summed E-state index contributed by atoms with van der Waals surface area (Å²) in [7, 11) is 0. The number of hydrogen-bond donors (Lipinski definition) is 1. The van der Waals surface area contributed by atoms with E-state index in [0.29, 0.717) is 23.7 Å². The van der Waals surface area contributed by atoms with Crippen LogP contribution in [0.15, 0.2) is 11.6 Å². The largest absolute Gasteiger partial charge is 0.389 e. The van der Waals surface area contributed by atoms with Crippen LogP contribution in [-0.2, 0) is 0 Å². The Morgan fingerprint density at radius 1 is 1.38 bits per heavy atom. The smallest absolute Gasteiger partial charge is 0.0741 e. The predicted octanol–water partition coefficient (Wildman–Crippen LogP) is 3.78. The summed E-state index contributed by atoms with van der Waals surface area (Å²) in [5.41, 5.74) is 1.07. The minimum Gasteiger partial charge on any atom is -0.389 e. The van der Waals surface area contributed by atoms with Crippen molar-refractivity contribution in [2.24, 2.45) is 23.7 Å². The lowest BCUT2D eigenvalue weighted by Gasteiger charge is -2.51. The molecule has 0 aliphatic heterocycles. The molecule has 0 aromatic carbocycles. The second-order valence-electron chi connectivity index (χ2n) is 6.42. The summed E-state index contributed by atoms with van der Waals surface area (Å²) < 4.78 is 0. The van der Waals surface area contributed by atoms with Crippen LogP contribution in [0.5, 0.6) is 0 Å². The SMILES string of the molecule is CC1=C[C@@H]2[C@H](C(C)C)CC[C@@H](C)[C@]2(O)CC1. The van der Waals surface area contributed by atoms with Gasteiger partial charge in [-0.05, 0) is 50.4 Å². The van der Waals surface area contributed by atoms with Gasteiger partial charge in [0.15, 0.2) is 0 Å². The molecule has 1 fully saturated rings. The van der Waals surface area contributed by atoms with E-state index in [1.807, 2.05) is 0 Å². The van der Waals surface area contributed by atoms with Gasteiger partial charge in [-0.3, -0.25) is 0 Å². The molecule has 0 amide bonds. The maximum Gasteiger partial charge on any atom is 0.0741 e. The van der Waals surface area contributed by atoms with E-state index in [-0.39, 0.29) is 0 Å². The Balaban J connectivity index is 2.32.